The summed E-state index contributed by atoms with van der Waals surface area (Å²) in [6.07, 6.45) is 3.69. The highest BCUT2D eigenvalue weighted by Gasteiger charge is 2.13. The summed E-state index contributed by atoms with van der Waals surface area (Å²) in [7, 11) is 0. The molecule has 0 aliphatic heterocycles. The van der Waals surface area contributed by atoms with Crippen molar-refractivity contribution in [1.82, 2.24) is 5.32 Å². The molecule has 134 valence electrons. The Kier molecular flexibility index (Phi) is 7.45. The number of carbonyl (C=O) groups is 1. The van der Waals surface area contributed by atoms with Gasteiger partial charge in [0, 0.05) is 0 Å². The highest BCUT2D eigenvalue weighted by Crippen LogP contribution is 2.16. The van der Waals surface area contributed by atoms with Crippen LogP contribution in [0.5, 0.6) is 5.75 Å². The number of nitrogens with zero attached hydrogens (tertiary/aromatic N) is 1. The molecule has 0 radical (unpaired) electrons. The van der Waals surface area contributed by atoms with Gasteiger partial charge in [0.1, 0.15) is 17.4 Å². The second-order valence-corrected chi connectivity index (χ2v) is 6.05. The monoisotopic (exact) mass is 348 g/mol. The van der Waals surface area contributed by atoms with Crippen molar-refractivity contribution in [3.05, 3.63) is 71.3 Å². The van der Waals surface area contributed by atoms with E-state index < -0.39 is 0 Å². The van der Waals surface area contributed by atoms with Crippen molar-refractivity contribution in [2.75, 3.05) is 6.61 Å². The van der Waals surface area contributed by atoms with E-state index >= 15 is 0 Å². The van der Waals surface area contributed by atoms with Crippen LogP contribution in [0.3, 0.4) is 0 Å². The first-order chi connectivity index (χ1) is 12.6. The van der Waals surface area contributed by atoms with Gasteiger partial charge in [-0.15, -0.1) is 0 Å². The third kappa shape index (κ3) is 5.78. The highest BCUT2D eigenvalue weighted by atomic mass is 16.5. The molecular weight excluding hydrogens is 324 g/mol. The average molecular weight is 348 g/mol. The van der Waals surface area contributed by atoms with Gasteiger partial charge in [0.05, 0.1) is 12.6 Å². The van der Waals surface area contributed by atoms with E-state index in [1.54, 1.807) is 6.08 Å². The number of unbranched alkanes of at least 4 members (excludes halogenated alkanes) is 1. The van der Waals surface area contributed by atoms with E-state index in [4.69, 9.17) is 4.74 Å². The van der Waals surface area contributed by atoms with Crippen LogP contribution in [0.4, 0.5) is 0 Å². The number of benzene rings is 2. The third-order valence-electron chi connectivity index (χ3n) is 3.97. The maximum Gasteiger partial charge on any atom is 0.262 e. The molecule has 0 bridgehead atoms. The van der Waals surface area contributed by atoms with Gasteiger partial charge < -0.3 is 10.1 Å². The van der Waals surface area contributed by atoms with Gasteiger partial charge >= 0.3 is 0 Å². The first-order valence-electron chi connectivity index (χ1n) is 8.84. The maximum absolute atomic E-state index is 12.4. The predicted octanol–water partition coefficient (Wildman–Crippen LogP) is 4.65. The number of nitriles is 1. The zero-order chi connectivity index (χ0) is 18.8. The number of nitrogens with one attached hydrogen (secondary N) is 1. The van der Waals surface area contributed by atoms with Crippen molar-refractivity contribution in [2.24, 2.45) is 0 Å². The fourth-order valence-corrected chi connectivity index (χ4v) is 2.41. The van der Waals surface area contributed by atoms with Crippen LogP contribution in [0.2, 0.25) is 0 Å². The molecule has 4 nitrogen and oxygen atoms in total. The van der Waals surface area contributed by atoms with E-state index in [9.17, 15) is 10.1 Å². The largest absolute Gasteiger partial charge is 0.494 e. The van der Waals surface area contributed by atoms with Crippen LogP contribution in [-0.2, 0) is 4.79 Å². The smallest absolute Gasteiger partial charge is 0.262 e. The second kappa shape index (κ2) is 10.0. The molecule has 1 N–H and O–H groups in total. The molecule has 0 heterocycles. The number of ether oxygens (including phenoxy) is 1. The summed E-state index contributed by atoms with van der Waals surface area (Å²) in [5.74, 6) is 0.406. The predicted molar refractivity (Wildman–Crippen MR) is 103 cm³/mol. The van der Waals surface area contributed by atoms with Gasteiger partial charge in [-0.3, -0.25) is 4.79 Å². The fraction of sp³-hybridized carbons (Fsp3) is 0.273. The summed E-state index contributed by atoms with van der Waals surface area (Å²) < 4.78 is 5.62. The molecule has 0 aliphatic carbocycles. The molecule has 0 fully saturated rings. The topological polar surface area (TPSA) is 62.1 Å². The molecule has 4 heteroatoms. The minimum atomic E-state index is -0.382. The number of hydrogen-bond donors (Lipinski definition) is 1. The lowest BCUT2D eigenvalue weighted by Crippen LogP contribution is -2.27. The van der Waals surface area contributed by atoms with Gasteiger partial charge in [-0.1, -0.05) is 55.8 Å². The SMILES string of the molecule is CCCCOc1ccc(/C=C(/C#N)C(=O)NC(C)c2ccccc2)cc1. The lowest BCUT2D eigenvalue weighted by atomic mass is 10.1. The van der Waals surface area contributed by atoms with E-state index in [1.165, 1.54) is 0 Å². The first-order valence-corrected chi connectivity index (χ1v) is 8.84. The van der Waals surface area contributed by atoms with E-state index in [2.05, 4.69) is 12.2 Å². The van der Waals surface area contributed by atoms with Crippen LogP contribution in [-0.4, -0.2) is 12.5 Å². The van der Waals surface area contributed by atoms with Crippen molar-refractivity contribution in [1.29, 1.82) is 5.26 Å². The summed E-state index contributed by atoms with van der Waals surface area (Å²) in [4.78, 5) is 12.4. The summed E-state index contributed by atoms with van der Waals surface area (Å²) in [6, 6.07) is 18.8. The van der Waals surface area contributed by atoms with Gasteiger partial charge in [0.15, 0.2) is 0 Å². The van der Waals surface area contributed by atoms with Crippen molar-refractivity contribution in [3.63, 3.8) is 0 Å². The molecule has 0 saturated carbocycles. The maximum atomic E-state index is 12.4. The molecule has 0 spiro atoms. The minimum absolute atomic E-state index is 0.0763. The lowest BCUT2D eigenvalue weighted by Gasteiger charge is -2.13. The number of amides is 1. The fourth-order valence-electron chi connectivity index (χ4n) is 2.41. The number of rotatable bonds is 8. The van der Waals surface area contributed by atoms with Crippen LogP contribution < -0.4 is 10.1 Å². The second-order valence-electron chi connectivity index (χ2n) is 6.05. The summed E-state index contributed by atoms with van der Waals surface area (Å²) in [5.41, 5.74) is 1.85. The van der Waals surface area contributed by atoms with E-state index in [1.807, 2.05) is 67.6 Å². The molecule has 1 atom stereocenters. The Hall–Kier alpha value is -3.06. The van der Waals surface area contributed by atoms with Crippen molar-refractivity contribution >= 4 is 12.0 Å². The van der Waals surface area contributed by atoms with Crippen LogP contribution in [0.15, 0.2) is 60.2 Å². The standard InChI is InChI=1S/C22H24N2O2/c1-3-4-14-26-21-12-10-18(11-13-21)15-20(16-23)22(25)24-17(2)19-8-6-5-7-9-19/h5-13,15,17H,3-4,14H2,1-2H3,(H,24,25)/b20-15-. The Morgan fingerprint density at radius 1 is 1.19 bits per heavy atom. The van der Waals surface area contributed by atoms with E-state index in [0.29, 0.717) is 6.61 Å². The Bertz CT molecular complexity index is 774. The molecule has 2 rings (SSSR count). The summed E-state index contributed by atoms with van der Waals surface area (Å²) in [5, 5.41) is 12.2. The Morgan fingerprint density at radius 2 is 1.88 bits per heavy atom. The van der Waals surface area contributed by atoms with Gasteiger partial charge in [0.2, 0.25) is 0 Å². The number of carbonyl (C=O) groups excluding carboxylic acids is 1. The minimum Gasteiger partial charge on any atom is -0.494 e. The van der Waals surface area contributed by atoms with Gasteiger partial charge in [-0.2, -0.15) is 5.26 Å². The Labute approximate surface area is 155 Å². The normalized spacial score (nSPS) is 12.1. The van der Waals surface area contributed by atoms with Crippen LogP contribution in [0.1, 0.15) is 43.9 Å². The highest BCUT2D eigenvalue weighted by molar-refractivity contribution is 6.01. The lowest BCUT2D eigenvalue weighted by molar-refractivity contribution is -0.117. The molecule has 2 aromatic carbocycles. The van der Waals surface area contributed by atoms with Gasteiger partial charge in [-0.25, -0.2) is 0 Å². The zero-order valence-electron chi connectivity index (χ0n) is 15.2. The third-order valence-corrected chi connectivity index (χ3v) is 3.97. The summed E-state index contributed by atoms with van der Waals surface area (Å²) >= 11 is 0. The van der Waals surface area contributed by atoms with E-state index in [-0.39, 0.29) is 17.5 Å². The Balaban J connectivity index is 2.02. The van der Waals surface area contributed by atoms with Gasteiger partial charge in [-0.05, 0) is 42.7 Å². The van der Waals surface area contributed by atoms with Crippen LogP contribution >= 0.6 is 0 Å². The molecule has 0 aliphatic rings. The van der Waals surface area contributed by atoms with Crippen molar-refractivity contribution in [2.45, 2.75) is 32.7 Å². The molecule has 2 aromatic rings. The van der Waals surface area contributed by atoms with Crippen LogP contribution in [0, 0.1) is 11.3 Å². The Morgan fingerprint density at radius 3 is 2.50 bits per heavy atom. The van der Waals surface area contributed by atoms with E-state index in [0.717, 1.165) is 29.7 Å². The van der Waals surface area contributed by atoms with Crippen molar-refractivity contribution in [3.8, 4) is 11.8 Å². The zero-order valence-corrected chi connectivity index (χ0v) is 15.2. The molecule has 1 unspecified atom stereocenters. The molecular formula is C22H24N2O2. The first kappa shape index (κ1) is 19.3. The van der Waals surface area contributed by atoms with Crippen LogP contribution in [0.25, 0.3) is 6.08 Å². The van der Waals surface area contributed by atoms with Crippen molar-refractivity contribution < 1.29 is 9.53 Å². The number of hydrogen-bond acceptors (Lipinski definition) is 3. The summed E-state index contributed by atoms with van der Waals surface area (Å²) in [6.45, 7) is 4.70. The average Bonchev–Trinajstić information content (AvgIpc) is 2.68. The van der Waals surface area contributed by atoms with Gasteiger partial charge in [0.25, 0.3) is 5.91 Å². The molecule has 0 saturated heterocycles. The molecule has 1 amide bonds. The quantitative estimate of drug-likeness (QED) is 0.429. The molecule has 26 heavy (non-hydrogen) atoms. The molecule has 0 aromatic heterocycles.